The topological polar surface area (TPSA) is 34.1 Å². The number of hydrogen-bond acceptors (Lipinski definition) is 2. The van der Waals surface area contributed by atoms with Gasteiger partial charge in [-0.05, 0) is 86.3 Å². The molecule has 0 amide bonds. The van der Waals surface area contributed by atoms with Crippen LogP contribution in [-0.2, 0) is 26.6 Å². The molecule has 0 N–H and O–H groups in total. The second kappa shape index (κ2) is 9.90. The largest absolute Gasteiger partial charge is 0.416 e. The van der Waals surface area contributed by atoms with Gasteiger partial charge in [0.15, 0.2) is 0 Å². The number of hydrogen-bond donors (Lipinski definition) is 0. The van der Waals surface area contributed by atoms with E-state index < -0.39 is 33.1 Å². The summed E-state index contributed by atoms with van der Waals surface area (Å²) in [5, 5.41) is -0.125. The highest BCUT2D eigenvalue weighted by molar-refractivity contribution is 6.65. The van der Waals surface area contributed by atoms with E-state index in [-0.39, 0.29) is 5.56 Å². The average molecular weight is 502 g/mol. The summed E-state index contributed by atoms with van der Waals surface area (Å²) in [5.74, 6) is 0. The molecule has 0 unspecified atom stereocenters. The van der Waals surface area contributed by atoms with E-state index in [0.717, 1.165) is 17.7 Å². The molecule has 0 aliphatic rings. The van der Waals surface area contributed by atoms with Gasteiger partial charge in [-0.3, -0.25) is 9.59 Å². The van der Waals surface area contributed by atoms with E-state index in [9.17, 15) is 22.8 Å². The van der Waals surface area contributed by atoms with Crippen LogP contribution in [0.2, 0.25) is 10.0 Å². The lowest BCUT2D eigenvalue weighted by Crippen LogP contribution is -2.25. The lowest BCUT2D eigenvalue weighted by Gasteiger charge is -2.21. The molecule has 0 saturated carbocycles. The minimum absolute atomic E-state index is 0.252. The Kier molecular flexibility index (Phi) is 8.83. The van der Waals surface area contributed by atoms with Crippen LogP contribution in [0.25, 0.3) is 0 Å². The van der Waals surface area contributed by atoms with Crippen LogP contribution in [0.1, 0.15) is 44.4 Å². The van der Waals surface area contributed by atoms with Gasteiger partial charge in [0.25, 0.3) is 0 Å². The van der Waals surface area contributed by atoms with Gasteiger partial charge in [-0.25, -0.2) is 0 Å². The summed E-state index contributed by atoms with van der Waals surface area (Å²) in [6.07, 6.45) is -4.42. The first-order valence-electron chi connectivity index (χ1n) is 8.53. The van der Waals surface area contributed by atoms with Crippen molar-refractivity contribution in [2.24, 2.45) is 0 Å². The first kappa shape index (κ1) is 26.8. The zero-order valence-electron chi connectivity index (χ0n) is 16.5. The predicted molar refractivity (Wildman–Crippen MR) is 116 cm³/mol. The molecular formula is C21H19Cl4F3O2. The number of carbonyl (C=O) groups excluding carboxylic acids is 2. The quantitative estimate of drug-likeness (QED) is 0.400. The first-order chi connectivity index (χ1) is 13.5. The molecule has 0 heterocycles. The van der Waals surface area contributed by atoms with Crippen molar-refractivity contribution < 1.29 is 22.8 Å². The number of benzene rings is 2. The van der Waals surface area contributed by atoms with Crippen LogP contribution in [0.15, 0.2) is 42.5 Å². The molecule has 0 aliphatic heterocycles. The van der Waals surface area contributed by atoms with Crippen molar-refractivity contribution in [3.8, 4) is 0 Å². The highest BCUT2D eigenvalue weighted by Crippen LogP contribution is 2.34. The standard InChI is InChI=1S/C11H10ClF3O.C10H9Cl3O/c1-10(2,9(12)16)7-4-3-5-8(6-7)11(13,14)15;1-10(2,9(13)14)6-3-7(11)5-8(12)4-6/h3-6H,1-2H3;3-5H,1-2H3. The molecular weight excluding hydrogens is 483 g/mol. The summed E-state index contributed by atoms with van der Waals surface area (Å²) in [7, 11) is 0. The number of rotatable bonds is 4. The first-order valence-corrected chi connectivity index (χ1v) is 10.0. The molecule has 164 valence electrons. The van der Waals surface area contributed by atoms with Gasteiger partial charge in [0, 0.05) is 10.0 Å². The maximum Gasteiger partial charge on any atom is 0.416 e. The Morgan fingerprint density at radius 2 is 1.10 bits per heavy atom. The number of carbonyl (C=O) groups is 2. The van der Waals surface area contributed by atoms with Crippen LogP contribution in [0.5, 0.6) is 0 Å². The summed E-state index contributed by atoms with van der Waals surface area (Å²) in [6.45, 7) is 6.42. The van der Waals surface area contributed by atoms with E-state index in [1.165, 1.54) is 26.0 Å². The Morgan fingerprint density at radius 1 is 0.700 bits per heavy atom. The van der Waals surface area contributed by atoms with Crippen molar-refractivity contribution in [1.29, 1.82) is 0 Å². The molecule has 2 rings (SSSR count). The van der Waals surface area contributed by atoms with Gasteiger partial charge in [0.05, 0.1) is 16.4 Å². The van der Waals surface area contributed by atoms with Gasteiger partial charge in [0.2, 0.25) is 10.5 Å². The van der Waals surface area contributed by atoms with Crippen molar-refractivity contribution in [3.05, 3.63) is 69.2 Å². The highest BCUT2D eigenvalue weighted by atomic mass is 35.5. The highest BCUT2D eigenvalue weighted by Gasteiger charge is 2.34. The van der Waals surface area contributed by atoms with Crippen molar-refractivity contribution in [2.75, 3.05) is 0 Å². The summed E-state index contributed by atoms with van der Waals surface area (Å²) in [4.78, 5) is 22.3. The third-order valence-electron chi connectivity index (χ3n) is 4.48. The van der Waals surface area contributed by atoms with Crippen LogP contribution in [0.3, 0.4) is 0 Å². The molecule has 30 heavy (non-hydrogen) atoms. The van der Waals surface area contributed by atoms with Crippen LogP contribution in [0.4, 0.5) is 13.2 Å². The van der Waals surface area contributed by atoms with E-state index in [4.69, 9.17) is 46.4 Å². The molecule has 0 aromatic heterocycles. The van der Waals surface area contributed by atoms with Gasteiger partial charge in [-0.2, -0.15) is 13.2 Å². The van der Waals surface area contributed by atoms with Crippen LogP contribution in [-0.4, -0.2) is 10.5 Å². The Morgan fingerprint density at radius 3 is 1.50 bits per heavy atom. The van der Waals surface area contributed by atoms with Crippen LogP contribution >= 0.6 is 46.4 Å². The second-order valence-corrected chi connectivity index (χ2v) is 9.09. The molecule has 0 aliphatic carbocycles. The fraction of sp³-hybridized carbons (Fsp3) is 0.333. The van der Waals surface area contributed by atoms with Crippen LogP contribution < -0.4 is 0 Å². The lowest BCUT2D eigenvalue weighted by molar-refractivity contribution is -0.137. The summed E-state index contributed by atoms with van der Waals surface area (Å²) < 4.78 is 37.3. The Labute approximate surface area is 193 Å². The molecule has 0 fully saturated rings. The van der Waals surface area contributed by atoms with Gasteiger partial charge < -0.3 is 0 Å². The van der Waals surface area contributed by atoms with Gasteiger partial charge in [-0.1, -0.05) is 41.4 Å². The second-order valence-electron chi connectivity index (χ2n) is 7.53. The van der Waals surface area contributed by atoms with E-state index in [1.807, 2.05) is 0 Å². The third kappa shape index (κ3) is 6.88. The number of alkyl halides is 3. The molecule has 0 bridgehead atoms. The van der Waals surface area contributed by atoms with Crippen molar-refractivity contribution in [3.63, 3.8) is 0 Å². The zero-order chi connectivity index (χ0) is 23.5. The molecule has 0 radical (unpaired) electrons. The van der Waals surface area contributed by atoms with E-state index >= 15 is 0 Å². The van der Waals surface area contributed by atoms with Crippen LogP contribution in [0, 0.1) is 0 Å². The molecule has 2 aromatic rings. The SMILES string of the molecule is CC(C)(C(=O)Cl)c1cc(Cl)cc(Cl)c1.CC(C)(C(=O)Cl)c1cccc(C(F)(F)F)c1. The smallest absolute Gasteiger partial charge is 0.280 e. The van der Waals surface area contributed by atoms with Gasteiger partial charge in [0.1, 0.15) is 0 Å². The van der Waals surface area contributed by atoms with E-state index in [0.29, 0.717) is 10.0 Å². The molecule has 9 heteroatoms. The number of halogens is 7. The molecule has 0 saturated heterocycles. The molecule has 2 nitrogen and oxygen atoms in total. The van der Waals surface area contributed by atoms with Crippen molar-refractivity contribution in [2.45, 2.75) is 44.7 Å². The Bertz CT molecular complexity index is 918. The molecule has 0 atom stereocenters. The average Bonchev–Trinajstić information content (AvgIpc) is 2.60. The lowest BCUT2D eigenvalue weighted by atomic mass is 9.85. The maximum absolute atomic E-state index is 12.4. The molecule has 2 aromatic carbocycles. The van der Waals surface area contributed by atoms with E-state index in [1.54, 1.807) is 32.0 Å². The van der Waals surface area contributed by atoms with Gasteiger partial charge in [-0.15, -0.1) is 0 Å². The Balaban J connectivity index is 0.000000303. The maximum atomic E-state index is 12.4. The normalized spacial score (nSPS) is 12.1. The summed E-state index contributed by atoms with van der Waals surface area (Å²) in [6, 6.07) is 9.61. The van der Waals surface area contributed by atoms with E-state index in [2.05, 4.69) is 0 Å². The minimum atomic E-state index is -4.42. The Hall–Kier alpha value is -1.27. The predicted octanol–water partition coefficient (Wildman–Crippen LogP) is 7.78. The monoisotopic (exact) mass is 500 g/mol. The third-order valence-corrected chi connectivity index (χ3v) is 5.86. The zero-order valence-corrected chi connectivity index (χ0v) is 19.5. The summed E-state index contributed by atoms with van der Waals surface area (Å²) >= 11 is 22.5. The summed E-state index contributed by atoms with van der Waals surface area (Å²) in [5.41, 5.74) is -1.70. The minimum Gasteiger partial charge on any atom is -0.280 e. The van der Waals surface area contributed by atoms with Gasteiger partial charge >= 0.3 is 6.18 Å². The molecule has 0 spiro atoms. The fourth-order valence-corrected chi connectivity index (χ4v) is 2.97. The van der Waals surface area contributed by atoms with Crippen molar-refractivity contribution >= 4 is 56.9 Å². The van der Waals surface area contributed by atoms with Crippen molar-refractivity contribution in [1.82, 2.24) is 0 Å². The fourth-order valence-electron chi connectivity index (χ4n) is 2.23.